The predicted molar refractivity (Wildman–Crippen MR) is 69.6 cm³/mol. The van der Waals surface area contributed by atoms with Crippen LogP contribution in [0.3, 0.4) is 0 Å². The molecule has 1 unspecified atom stereocenters. The van der Waals surface area contributed by atoms with Gasteiger partial charge in [-0.2, -0.15) is 5.26 Å². The molecule has 1 N–H and O–H groups in total. The zero-order valence-electron chi connectivity index (χ0n) is 11.6. The van der Waals surface area contributed by atoms with Gasteiger partial charge in [-0.25, -0.2) is 0 Å². The van der Waals surface area contributed by atoms with E-state index in [0.29, 0.717) is 24.5 Å². The Kier molecular flexibility index (Phi) is 5.42. The van der Waals surface area contributed by atoms with E-state index < -0.39 is 5.54 Å². The molecule has 0 heterocycles. The molecule has 0 amide bonds. The fraction of sp³-hybridized carbons (Fsp3) is 0.929. The van der Waals surface area contributed by atoms with Gasteiger partial charge in [0.15, 0.2) is 0 Å². The highest BCUT2D eigenvalue weighted by atomic mass is 16.5. The van der Waals surface area contributed by atoms with Crippen LogP contribution in [0.15, 0.2) is 0 Å². The molecule has 0 spiro atoms. The van der Waals surface area contributed by atoms with Gasteiger partial charge in [0.2, 0.25) is 0 Å². The average molecular weight is 238 g/mol. The van der Waals surface area contributed by atoms with E-state index in [1.165, 1.54) is 0 Å². The van der Waals surface area contributed by atoms with E-state index in [1.54, 1.807) is 0 Å². The van der Waals surface area contributed by atoms with E-state index in [9.17, 15) is 5.26 Å². The Labute approximate surface area is 106 Å². The summed E-state index contributed by atoms with van der Waals surface area (Å²) >= 11 is 0. The SMILES string of the molecule is CC(C)CCOCC(C#N)(NC(C)C)C1CC1. The first-order chi connectivity index (χ1) is 8.00. The van der Waals surface area contributed by atoms with Crippen LogP contribution in [-0.2, 0) is 4.74 Å². The van der Waals surface area contributed by atoms with Crippen LogP contribution in [0.4, 0.5) is 0 Å². The Hall–Kier alpha value is -0.590. The Morgan fingerprint density at radius 2 is 2.00 bits per heavy atom. The van der Waals surface area contributed by atoms with Crippen molar-refractivity contribution in [3.63, 3.8) is 0 Å². The summed E-state index contributed by atoms with van der Waals surface area (Å²) in [5.41, 5.74) is -0.453. The quantitative estimate of drug-likeness (QED) is 0.661. The first-order valence-electron chi connectivity index (χ1n) is 6.77. The van der Waals surface area contributed by atoms with Crippen molar-refractivity contribution in [3.8, 4) is 6.07 Å². The van der Waals surface area contributed by atoms with Gasteiger partial charge in [0.1, 0.15) is 5.54 Å². The van der Waals surface area contributed by atoms with Crippen molar-refractivity contribution in [2.45, 2.75) is 58.5 Å². The lowest BCUT2D eigenvalue weighted by molar-refractivity contribution is 0.0705. The van der Waals surface area contributed by atoms with Gasteiger partial charge in [-0.15, -0.1) is 0 Å². The maximum Gasteiger partial charge on any atom is 0.133 e. The van der Waals surface area contributed by atoms with Crippen molar-refractivity contribution >= 4 is 0 Å². The first kappa shape index (κ1) is 14.5. The lowest BCUT2D eigenvalue weighted by Crippen LogP contribution is -2.53. The van der Waals surface area contributed by atoms with Crippen molar-refractivity contribution in [2.24, 2.45) is 11.8 Å². The van der Waals surface area contributed by atoms with Gasteiger partial charge in [0.05, 0.1) is 12.7 Å². The second kappa shape index (κ2) is 6.37. The highest BCUT2D eigenvalue weighted by molar-refractivity contribution is 5.15. The summed E-state index contributed by atoms with van der Waals surface area (Å²) in [6.45, 7) is 9.83. The number of rotatable bonds is 8. The summed E-state index contributed by atoms with van der Waals surface area (Å²) in [5, 5.41) is 12.9. The van der Waals surface area contributed by atoms with Crippen LogP contribution < -0.4 is 5.32 Å². The Morgan fingerprint density at radius 1 is 1.35 bits per heavy atom. The third-order valence-electron chi connectivity index (χ3n) is 3.19. The number of ether oxygens (including phenoxy) is 1. The van der Waals surface area contributed by atoms with Crippen molar-refractivity contribution < 1.29 is 4.74 Å². The van der Waals surface area contributed by atoms with Gasteiger partial charge in [0, 0.05) is 12.6 Å². The molecule has 0 bridgehead atoms. The summed E-state index contributed by atoms with van der Waals surface area (Å²) in [5.74, 6) is 1.14. The highest BCUT2D eigenvalue weighted by Gasteiger charge is 2.46. The zero-order valence-corrected chi connectivity index (χ0v) is 11.6. The molecule has 3 nitrogen and oxygen atoms in total. The molecule has 0 aromatic heterocycles. The van der Waals surface area contributed by atoms with Gasteiger partial charge < -0.3 is 4.74 Å². The summed E-state index contributed by atoms with van der Waals surface area (Å²) in [4.78, 5) is 0. The smallest absolute Gasteiger partial charge is 0.133 e. The molecule has 1 atom stereocenters. The fourth-order valence-electron chi connectivity index (χ4n) is 2.08. The van der Waals surface area contributed by atoms with Crippen LogP contribution in [0, 0.1) is 23.2 Å². The standard InChI is InChI=1S/C14H26N2O/c1-11(2)7-8-17-10-14(9-15,13-5-6-13)16-12(3)4/h11-13,16H,5-8,10H2,1-4H3. The third kappa shape index (κ3) is 4.65. The normalized spacial score (nSPS) is 19.4. The molecule has 3 heteroatoms. The van der Waals surface area contributed by atoms with Gasteiger partial charge in [0.25, 0.3) is 0 Å². The van der Waals surface area contributed by atoms with Crippen molar-refractivity contribution in [1.82, 2.24) is 5.32 Å². The predicted octanol–water partition coefficient (Wildman–Crippen LogP) is 2.72. The molecule has 0 aliphatic heterocycles. The zero-order chi connectivity index (χ0) is 12.9. The number of hydrogen-bond donors (Lipinski definition) is 1. The lowest BCUT2D eigenvalue weighted by Gasteiger charge is -2.30. The maximum absolute atomic E-state index is 9.45. The van der Waals surface area contributed by atoms with Gasteiger partial charge in [-0.3, -0.25) is 5.32 Å². The topological polar surface area (TPSA) is 45.0 Å². The van der Waals surface area contributed by atoms with E-state index in [2.05, 4.69) is 39.1 Å². The van der Waals surface area contributed by atoms with E-state index >= 15 is 0 Å². The van der Waals surface area contributed by atoms with E-state index in [4.69, 9.17) is 4.74 Å². The molecule has 1 saturated carbocycles. The minimum Gasteiger partial charge on any atom is -0.378 e. The average Bonchev–Trinajstić information content (AvgIpc) is 3.05. The molecule has 0 aromatic rings. The van der Waals surface area contributed by atoms with E-state index in [0.717, 1.165) is 25.9 Å². The number of nitrogens with one attached hydrogen (secondary N) is 1. The molecule has 1 fully saturated rings. The van der Waals surface area contributed by atoms with Crippen LogP contribution in [0.5, 0.6) is 0 Å². The second-order valence-electron chi connectivity index (χ2n) is 5.89. The van der Waals surface area contributed by atoms with Crippen molar-refractivity contribution in [3.05, 3.63) is 0 Å². The summed E-state index contributed by atoms with van der Waals surface area (Å²) < 4.78 is 5.72. The van der Waals surface area contributed by atoms with Crippen molar-refractivity contribution in [1.29, 1.82) is 5.26 Å². The van der Waals surface area contributed by atoms with Gasteiger partial charge in [-0.05, 0) is 44.9 Å². The second-order valence-corrected chi connectivity index (χ2v) is 5.89. The molecule has 0 radical (unpaired) electrons. The Morgan fingerprint density at radius 3 is 2.41 bits per heavy atom. The highest BCUT2D eigenvalue weighted by Crippen LogP contribution is 2.40. The van der Waals surface area contributed by atoms with Crippen LogP contribution in [0.25, 0.3) is 0 Å². The fourth-order valence-corrected chi connectivity index (χ4v) is 2.08. The van der Waals surface area contributed by atoms with E-state index in [-0.39, 0.29) is 0 Å². The maximum atomic E-state index is 9.45. The summed E-state index contributed by atoms with van der Waals surface area (Å²) in [6.07, 6.45) is 3.37. The monoisotopic (exact) mass is 238 g/mol. The molecule has 1 aliphatic carbocycles. The van der Waals surface area contributed by atoms with Crippen LogP contribution in [-0.4, -0.2) is 24.8 Å². The Balaban J connectivity index is 2.43. The molecule has 17 heavy (non-hydrogen) atoms. The molecule has 0 saturated heterocycles. The summed E-state index contributed by atoms with van der Waals surface area (Å²) in [7, 11) is 0. The molecule has 1 aliphatic rings. The summed E-state index contributed by atoms with van der Waals surface area (Å²) in [6, 6.07) is 2.78. The molecule has 0 aromatic carbocycles. The molecular weight excluding hydrogens is 212 g/mol. The van der Waals surface area contributed by atoms with Crippen LogP contribution in [0.2, 0.25) is 0 Å². The first-order valence-corrected chi connectivity index (χ1v) is 6.77. The third-order valence-corrected chi connectivity index (χ3v) is 3.19. The molecular formula is C14H26N2O. The number of hydrogen-bond acceptors (Lipinski definition) is 3. The van der Waals surface area contributed by atoms with Crippen molar-refractivity contribution in [2.75, 3.05) is 13.2 Å². The van der Waals surface area contributed by atoms with Gasteiger partial charge in [-0.1, -0.05) is 13.8 Å². The van der Waals surface area contributed by atoms with Gasteiger partial charge >= 0.3 is 0 Å². The minimum atomic E-state index is -0.453. The molecule has 1 rings (SSSR count). The van der Waals surface area contributed by atoms with E-state index in [1.807, 2.05) is 0 Å². The molecule has 98 valence electrons. The number of nitrogens with zero attached hydrogens (tertiary/aromatic N) is 1. The lowest BCUT2D eigenvalue weighted by atomic mass is 9.95. The van der Waals surface area contributed by atoms with Crippen LogP contribution in [0.1, 0.15) is 47.0 Å². The number of nitriles is 1. The Bertz CT molecular complexity index is 266. The largest absolute Gasteiger partial charge is 0.378 e. The minimum absolute atomic E-state index is 0.323. The van der Waals surface area contributed by atoms with Crippen LogP contribution >= 0.6 is 0 Å².